The molecule has 0 spiro atoms. The molecule has 3 aromatic rings. The van der Waals surface area contributed by atoms with Crippen LogP contribution in [0, 0.1) is 19.8 Å². The van der Waals surface area contributed by atoms with Gasteiger partial charge >= 0.3 is 0 Å². The Hall–Kier alpha value is -2.68. The summed E-state index contributed by atoms with van der Waals surface area (Å²) in [5.74, 6) is 0.824. The maximum absolute atomic E-state index is 12.7. The topological polar surface area (TPSA) is 42.0 Å². The van der Waals surface area contributed by atoms with Crippen molar-refractivity contribution in [1.29, 1.82) is 0 Å². The minimum atomic E-state index is 0.0554. The number of amides is 1. The van der Waals surface area contributed by atoms with Gasteiger partial charge in [-0.05, 0) is 42.5 Å². The van der Waals surface area contributed by atoms with E-state index in [2.05, 4.69) is 61.4 Å². The zero-order valence-corrected chi connectivity index (χ0v) is 16.6. The Morgan fingerprint density at radius 2 is 1.67 bits per heavy atom. The van der Waals surface area contributed by atoms with Crippen molar-refractivity contribution in [3.8, 4) is 0 Å². The highest BCUT2D eigenvalue weighted by Gasteiger charge is 2.18. The van der Waals surface area contributed by atoms with Crippen LogP contribution in [0.15, 0.2) is 54.6 Å². The lowest BCUT2D eigenvalue weighted by Crippen LogP contribution is -2.31. The van der Waals surface area contributed by atoms with Crippen molar-refractivity contribution >= 4 is 16.8 Å². The van der Waals surface area contributed by atoms with Gasteiger partial charge in [0.2, 0.25) is 5.91 Å². The fraction of sp³-hybridized carbons (Fsp3) is 0.333. The molecule has 0 aliphatic carbocycles. The van der Waals surface area contributed by atoms with Crippen molar-refractivity contribution in [2.75, 3.05) is 6.54 Å². The van der Waals surface area contributed by atoms with Crippen molar-refractivity contribution in [1.82, 2.24) is 10.3 Å². The summed E-state index contributed by atoms with van der Waals surface area (Å²) in [6, 6.07) is 18.5. The van der Waals surface area contributed by atoms with Gasteiger partial charge in [0.25, 0.3) is 0 Å². The van der Waals surface area contributed by atoms with Crippen LogP contribution in [0.5, 0.6) is 0 Å². The fourth-order valence-electron chi connectivity index (χ4n) is 3.72. The fourth-order valence-corrected chi connectivity index (χ4v) is 3.72. The number of nitrogens with zero attached hydrogens (tertiary/aromatic N) is 1. The molecule has 1 heterocycles. The average molecular weight is 361 g/mol. The van der Waals surface area contributed by atoms with Gasteiger partial charge in [0.05, 0.1) is 11.9 Å². The van der Waals surface area contributed by atoms with E-state index in [0.29, 0.717) is 24.8 Å². The molecule has 1 amide bonds. The summed E-state index contributed by atoms with van der Waals surface area (Å²) in [4.78, 5) is 17.4. The number of para-hydroxylation sites is 1. The summed E-state index contributed by atoms with van der Waals surface area (Å²) in [5.41, 5.74) is 5.38. The number of nitrogens with one attached hydrogen (secondary N) is 1. The van der Waals surface area contributed by atoms with E-state index in [1.807, 2.05) is 31.2 Å². The largest absolute Gasteiger partial charge is 0.355 e. The van der Waals surface area contributed by atoms with Crippen LogP contribution in [0.25, 0.3) is 10.9 Å². The number of aryl methyl sites for hydroxylation is 2. The Labute approximate surface area is 161 Å². The van der Waals surface area contributed by atoms with Crippen molar-refractivity contribution in [3.63, 3.8) is 0 Å². The lowest BCUT2D eigenvalue weighted by atomic mass is 9.88. The summed E-state index contributed by atoms with van der Waals surface area (Å²) < 4.78 is 0. The predicted octanol–water partition coefficient (Wildman–Crippen LogP) is 4.95. The van der Waals surface area contributed by atoms with E-state index in [1.165, 1.54) is 5.56 Å². The van der Waals surface area contributed by atoms with E-state index < -0.39 is 0 Å². The molecule has 3 rings (SSSR count). The number of carbonyl (C=O) groups excluding carboxylic acids is 1. The molecule has 3 nitrogen and oxygen atoms in total. The molecule has 27 heavy (non-hydrogen) atoms. The van der Waals surface area contributed by atoms with Crippen LogP contribution < -0.4 is 5.32 Å². The van der Waals surface area contributed by atoms with Gasteiger partial charge in [-0.25, -0.2) is 0 Å². The summed E-state index contributed by atoms with van der Waals surface area (Å²) in [5, 5.41) is 4.27. The van der Waals surface area contributed by atoms with Gasteiger partial charge < -0.3 is 5.32 Å². The van der Waals surface area contributed by atoms with Crippen molar-refractivity contribution in [2.24, 2.45) is 5.92 Å². The van der Waals surface area contributed by atoms with Gasteiger partial charge in [-0.1, -0.05) is 62.4 Å². The number of pyridine rings is 1. The summed E-state index contributed by atoms with van der Waals surface area (Å²) in [7, 11) is 0. The van der Waals surface area contributed by atoms with Crippen LogP contribution in [0.2, 0.25) is 0 Å². The molecule has 0 saturated carbocycles. The first kappa shape index (κ1) is 19.1. The molecule has 0 saturated heterocycles. The number of carbonyl (C=O) groups is 1. The number of fused-ring (bicyclic) bond motifs is 1. The van der Waals surface area contributed by atoms with Crippen LogP contribution in [-0.4, -0.2) is 17.4 Å². The van der Waals surface area contributed by atoms with Crippen LogP contribution >= 0.6 is 0 Å². The second-order valence-electron chi connectivity index (χ2n) is 7.56. The third-order valence-electron chi connectivity index (χ3n) is 5.37. The lowest BCUT2D eigenvalue weighted by Gasteiger charge is -2.22. The molecule has 0 bridgehead atoms. The van der Waals surface area contributed by atoms with E-state index in [9.17, 15) is 4.79 Å². The number of aromatic nitrogens is 1. The minimum Gasteiger partial charge on any atom is -0.355 e. The van der Waals surface area contributed by atoms with Gasteiger partial charge in [0, 0.05) is 23.5 Å². The zero-order chi connectivity index (χ0) is 19.4. The molecule has 2 aromatic carbocycles. The second kappa shape index (κ2) is 8.34. The quantitative estimate of drug-likeness (QED) is 0.676. The summed E-state index contributed by atoms with van der Waals surface area (Å²) in [6.45, 7) is 9.12. The molecular formula is C24H28N2O. The number of benzene rings is 2. The van der Waals surface area contributed by atoms with Gasteiger partial charge in [-0.15, -0.1) is 0 Å². The average Bonchev–Trinajstić information content (AvgIpc) is 2.66. The highest BCUT2D eigenvalue weighted by atomic mass is 16.1. The summed E-state index contributed by atoms with van der Waals surface area (Å²) >= 11 is 0. The van der Waals surface area contributed by atoms with Crippen LogP contribution in [0.4, 0.5) is 0 Å². The molecule has 1 N–H and O–H groups in total. The van der Waals surface area contributed by atoms with Crippen LogP contribution in [0.3, 0.4) is 0 Å². The van der Waals surface area contributed by atoms with E-state index in [4.69, 9.17) is 0 Å². The molecule has 3 heteroatoms. The first-order valence-corrected chi connectivity index (χ1v) is 9.63. The normalized spacial score (nSPS) is 12.3. The van der Waals surface area contributed by atoms with E-state index in [-0.39, 0.29) is 5.91 Å². The van der Waals surface area contributed by atoms with Gasteiger partial charge in [0.15, 0.2) is 0 Å². The molecule has 0 fully saturated rings. The molecular weight excluding hydrogens is 332 g/mol. The van der Waals surface area contributed by atoms with Crippen molar-refractivity contribution < 1.29 is 4.79 Å². The Morgan fingerprint density at radius 3 is 2.37 bits per heavy atom. The Morgan fingerprint density at radius 1 is 1.00 bits per heavy atom. The molecule has 1 aromatic heterocycles. The van der Waals surface area contributed by atoms with Gasteiger partial charge in [0.1, 0.15) is 0 Å². The number of rotatable bonds is 6. The molecule has 1 atom stereocenters. The third-order valence-corrected chi connectivity index (χ3v) is 5.37. The third kappa shape index (κ3) is 4.36. The molecule has 0 aliphatic rings. The Balaban J connectivity index is 1.73. The predicted molar refractivity (Wildman–Crippen MR) is 112 cm³/mol. The van der Waals surface area contributed by atoms with Gasteiger partial charge in [-0.3, -0.25) is 9.78 Å². The van der Waals surface area contributed by atoms with Crippen molar-refractivity contribution in [3.05, 3.63) is 77.0 Å². The first-order chi connectivity index (χ1) is 13.0. The zero-order valence-electron chi connectivity index (χ0n) is 16.6. The highest BCUT2D eigenvalue weighted by molar-refractivity contribution is 5.86. The smallest absolute Gasteiger partial charge is 0.224 e. The maximum Gasteiger partial charge on any atom is 0.224 e. The summed E-state index contributed by atoms with van der Waals surface area (Å²) in [6.07, 6.45) is 0.370. The standard InChI is InChI=1S/C24H28N2O/c1-16(2)22(19-10-6-5-7-11-19)15-25-24(27)14-21-17(3)20-12-8-9-13-23(20)26-18(21)4/h5-13,16,22H,14-15H2,1-4H3,(H,25,27). The first-order valence-electron chi connectivity index (χ1n) is 9.63. The van der Waals surface area contributed by atoms with Crippen molar-refractivity contribution in [2.45, 2.75) is 40.0 Å². The number of hydrogen-bond acceptors (Lipinski definition) is 2. The second-order valence-corrected chi connectivity index (χ2v) is 7.56. The van der Waals surface area contributed by atoms with Crippen LogP contribution in [0.1, 0.15) is 42.1 Å². The SMILES string of the molecule is Cc1nc2ccccc2c(C)c1CC(=O)NCC(c1ccccc1)C(C)C. The Kier molecular flexibility index (Phi) is 5.90. The maximum atomic E-state index is 12.7. The monoisotopic (exact) mass is 360 g/mol. The number of hydrogen-bond donors (Lipinski definition) is 1. The molecule has 140 valence electrons. The van der Waals surface area contributed by atoms with Crippen LogP contribution in [-0.2, 0) is 11.2 Å². The van der Waals surface area contributed by atoms with E-state index in [0.717, 1.165) is 27.7 Å². The lowest BCUT2D eigenvalue weighted by molar-refractivity contribution is -0.120. The van der Waals surface area contributed by atoms with E-state index in [1.54, 1.807) is 0 Å². The Bertz CT molecular complexity index is 932. The van der Waals surface area contributed by atoms with E-state index >= 15 is 0 Å². The highest BCUT2D eigenvalue weighted by Crippen LogP contribution is 2.24. The molecule has 1 unspecified atom stereocenters. The van der Waals surface area contributed by atoms with Gasteiger partial charge in [-0.2, -0.15) is 0 Å². The molecule has 0 radical (unpaired) electrons. The molecule has 0 aliphatic heterocycles. The minimum absolute atomic E-state index is 0.0554.